The fourth-order valence-corrected chi connectivity index (χ4v) is 5.09. The number of benzene rings is 2. The highest BCUT2D eigenvalue weighted by atomic mass is 32.2. The van der Waals surface area contributed by atoms with E-state index < -0.39 is 0 Å². The van der Waals surface area contributed by atoms with Gasteiger partial charge in [0.05, 0.1) is 17.9 Å². The van der Waals surface area contributed by atoms with E-state index in [-0.39, 0.29) is 23.7 Å². The number of hydrogen-bond donors (Lipinski definition) is 1. The van der Waals surface area contributed by atoms with Crippen LogP contribution in [0.1, 0.15) is 38.7 Å². The van der Waals surface area contributed by atoms with Crippen molar-refractivity contribution in [3.63, 3.8) is 0 Å². The van der Waals surface area contributed by atoms with Gasteiger partial charge in [0.1, 0.15) is 5.75 Å². The van der Waals surface area contributed by atoms with Crippen molar-refractivity contribution < 1.29 is 9.90 Å². The molecule has 2 heterocycles. The number of nitrogens with zero attached hydrogens (tertiary/aromatic N) is 4. The van der Waals surface area contributed by atoms with E-state index in [1.165, 1.54) is 18.2 Å². The van der Waals surface area contributed by atoms with Gasteiger partial charge in [-0.05, 0) is 50.8 Å². The molecule has 2 aromatic carbocycles. The van der Waals surface area contributed by atoms with Gasteiger partial charge < -0.3 is 10.0 Å². The molecule has 1 N–H and O–H groups in total. The van der Waals surface area contributed by atoms with Crippen molar-refractivity contribution in [2.45, 2.75) is 56.9 Å². The SMILES string of the molecule is CC1CCCC(C)N1C(=O)CSc1nnc(-c2ccccc2O)n1Cc1ccccc1. The van der Waals surface area contributed by atoms with Crippen molar-refractivity contribution in [2.24, 2.45) is 0 Å². The molecule has 6 nitrogen and oxygen atoms in total. The molecule has 1 amide bonds. The number of likely N-dealkylation sites (tertiary alicyclic amines) is 1. The van der Waals surface area contributed by atoms with Crippen molar-refractivity contribution in [3.8, 4) is 17.1 Å². The van der Waals surface area contributed by atoms with Crippen LogP contribution >= 0.6 is 11.8 Å². The zero-order valence-corrected chi connectivity index (χ0v) is 18.8. The highest BCUT2D eigenvalue weighted by Gasteiger charge is 2.29. The maximum atomic E-state index is 13.0. The number of phenolic OH excluding ortho intramolecular Hbond substituents is 1. The number of piperidine rings is 1. The first-order valence-electron chi connectivity index (χ1n) is 10.7. The Bertz CT molecular complexity index is 1030. The maximum absolute atomic E-state index is 13.0. The maximum Gasteiger partial charge on any atom is 0.233 e. The third kappa shape index (κ3) is 4.77. The zero-order chi connectivity index (χ0) is 21.8. The monoisotopic (exact) mass is 436 g/mol. The first kappa shape index (κ1) is 21.4. The number of aromatic nitrogens is 3. The van der Waals surface area contributed by atoms with E-state index in [4.69, 9.17) is 0 Å². The fourth-order valence-electron chi connectivity index (χ4n) is 4.28. The average Bonchev–Trinajstić information content (AvgIpc) is 3.15. The molecule has 0 spiro atoms. The quantitative estimate of drug-likeness (QED) is 0.573. The molecule has 7 heteroatoms. The van der Waals surface area contributed by atoms with Crippen LogP contribution in [0, 0.1) is 0 Å². The van der Waals surface area contributed by atoms with Gasteiger partial charge in [-0.2, -0.15) is 0 Å². The third-order valence-corrected chi connectivity index (χ3v) is 6.80. The zero-order valence-electron chi connectivity index (χ0n) is 17.9. The van der Waals surface area contributed by atoms with Crippen LogP contribution < -0.4 is 0 Å². The van der Waals surface area contributed by atoms with Gasteiger partial charge in [0.2, 0.25) is 5.91 Å². The summed E-state index contributed by atoms with van der Waals surface area (Å²) in [6.07, 6.45) is 3.29. The molecule has 2 atom stereocenters. The Morgan fingerprint density at radius 1 is 1.03 bits per heavy atom. The first-order valence-corrected chi connectivity index (χ1v) is 11.7. The molecule has 4 rings (SSSR count). The summed E-state index contributed by atoms with van der Waals surface area (Å²) in [6, 6.07) is 17.7. The molecule has 1 aliphatic heterocycles. The van der Waals surface area contributed by atoms with Gasteiger partial charge in [0.15, 0.2) is 11.0 Å². The Labute approximate surface area is 187 Å². The number of thioether (sulfide) groups is 1. The number of rotatable bonds is 6. The lowest BCUT2D eigenvalue weighted by Gasteiger charge is -2.39. The predicted octanol–water partition coefficient (Wildman–Crippen LogP) is 4.58. The van der Waals surface area contributed by atoms with Crippen LogP contribution in [0.5, 0.6) is 5.75 Å². The number of carbonyl (C=O) groups excluding carboxylic acids is 1. The Morgan fingerprint density at radius 3 is 2.42 bits per heavy atom. The van der Waals surface area contributed by atoms with Gasteiger partial charge in [-0.1, -0.05) is 54.2 Å². The Morgan fingerprint density at radius 2 is 1.71 bits per heavy atom. The van der Waals surface area contributed by atoms with Crippen molar-refractivity contribution in [3.05, 3.63) is 60.2 Å². The Hall–Kier alpha value is -2.80. The summed E-state index contributed by atoms with van der Waals surface area (Å²) in [4.78, 5) is 15.0. The van der Waals surface area contributed by atoms with E-state index in [1.807, 2.05) is 51.9 Å². The number of para-hydroxylation sites is 1. The van der Waals surface area contributed by atoms with Crippen LogP contribution in [0.15, 0.2) is 59.8 Å². The third-order valence-electron chi connectivity index (χ3n) is 5.85. The van der Waals surface area contributed by atoms with Crippen molar-refractivity contribution in [1.29, 1.82) is 0 Å². The summed E-state index contributed by atoms with van der Waals surface area (Å²) < 4.78 is 1.98. The lowest BCUT2D eigenvalue weighted by atomic mass is 9.98. The van der Waals surface area contributed by atoms with E-state index >= 15 is 0 Å². The summed E-state index contributed by atoms with van der Waals surface area (Å²) >= 11 is 1.41. The second kappa shape index (κ2) is 9.56. The minimum absolute atomic E-state index is 0.142. The molecule has 0 saturated carbocycles. The van der Waals surface area contributed by atoms with Crippen LogP contribution in [0.3, 0.4) is 0 Å². The summed E-state index contributed by atoms with van der Waals surface area (Å²) in [5.41, 5.74) is 1.73. The first-order chi connectivity index (χ1) is 15.0. The van der Waals surface area contributed by atoms with Gasteiger partial charge in [-0.15, -0.1) is 10.2 Å². The van der Waals surface area contributed by atoms with Crippen LogP contribution in [-0.4, -0.2) is 48.5 Å². The smallest absolute Gasteiger partial charge is 0.233 e. The molecule has 3 aromatic rings. The highest BCUT2D eigenvalue weighted by Crippen LogP contribution is 2.31. The molecule has 162 valence electrons. The minimum atomic E-state index is 0.142. The molecular formula is C24H28N4O2S. The van der Waals surface area contributed by atoms with Gasteiger partial charge in [0, 0.05) is 12.1 Å². The normalized spacial score (nSPS) is 18.8. The molecule has 1 saturated heterocycles. The molecule has 0 bridgehead atoms. The number of hydrogen-bond acceptors (Lipinski definition) is 5. The fraction of sp³-hybridized carbons (Fsp3) is 0.375. The van der Waals surface area contributed by atoms with Crippen molar-refractivity contribution in [2.75, 3.05) is 5.75 Å². The van der Waals surface area contributed by atoms with Gasteiger partial charge in [0.25, 0.3) is 0 Å². The second-order valence-corrected chi connectivity index (χ2v) is 9.06. The molecular weight excluding hydrogens is 408 g/mol. The topological polar surface area (TPSA) is 71.2 Å². The molecule has 1 aliphatic rings. The van der Waals surface area contributed by atoms with Crippen LogP contribution in [0.25, 0.3) is 11.4 Å². The van der Waals surface area contributed by atoms with Gasteiger partial charge >= 0.3 is 0 Å². The largest absolute Gasteiger partial charge is 0.507 e. The number of amides is 1. The molecule has 1 fully saturated rings. The number of phenols is 1. The number of aromatic hydroxyl groups is 1. The lowest BCUT2D eigenvalue weighted by Crippen LogP contribution is -2.48. The second-order valence-electron chi connectivity index (χ2n) is 8.11. The van der Waals surface area contributed by atoms with Crippen LogP contribution in [-0.2, 0) is 11.3 Å². The Kier molecular flexibility index (Phi) is 6.61. The molecule has 2 unspecified atom stereocenters. The predicted molar refractivity (Wildman–Crippen MR) is 123 cm³/mol. The summed E-state index contributed by atoms with van der Waals surface area (Å²) in [5.74, 6) is 1.22. The van der Waals surface area contributed by atoms with Crippen LogP contribution in [0.2, 0.25) is 0 Å². The van der Waals surface area contributed by atoms with E-state index in [0.29, 0.717) is 28.8 Å². The number of carbonyl (C=O) groups is 1. The lowest BCUT2D eigenvalue weighted by molar-refractivity contribution is -0.134. The molecule has 0 aliphatic carbocycles. The van der Waals surface area contributed by atoms with E-state index in [2.05, 4.69) is 24.0 Å². The van der Waals surface area contributed by atoms with Crippen molar-refractivity contribution in [1.82, 2.24) is 19.7 Å². The average molecular weight is 437 g/mol. The highest BCUT2D eigenvalue weighted by molar-refractivity contribution is 7.99. The molecule has 0 radical (unpaired) electrons. The van der Waals surface area contributed by atoms with E-state index in [0.717, 1.165) is 18.4 Å². The summed E-state index contributed by atoms with van der Waals surface area (Å²) in [6.45, 7) is 4.82. The van der Waals surface area contributed by atoms with Crippen LogP contribution in [0.4, 0.5) is 0 Å². The molecule has 31 heavy (non-hydrogen) atoms. The summed E-state index contributed by atoms with van der Waals surface area (Å²) in [5, 5.41) is 19.8. The Balaban J connectivity index is 1.60. The van der Waals surface area contributed by atoms with Crippen molar-refractivity contribution >= 4 is 17.7 Å². The van der Waals surface area contributed by atoms with Gasteiger partial charge in [-0.25, -0.2) is 0 Å². The van der Waals surface area contributed by atoms with Gasteiger partial charge in [-0.3, -0.25) is 9.36 Å². The molecule has 1 aromatic heterocycles. The minimum Gasteiger partial charge on any atom is -0.507 e. The summed E-state index contributed by atoms with van der Waals surface area (Å²) in [7, 11) is 0. The van der Waals surface area contributed by atoms with E-state index in [1.54, 1.807) is 12.1 Å². The van der Waals surface area contributed by atoms with E-state index in [9.17, 15) is 9.90 Å². The standard InChI is InChI=1S/C24H28N4O2S/c1-17-9-8-10-18(2)28(17)22(30)16-31-24-26-25-23(20-13-6-7-14-21(20)29)27(24)15-19-11-4-3-5-12-19/h3-7,11-14,17-18,29H,8-10,15-16H2,1-2H3.